The smallest absolute Gasteiger partial charge is 0.254 e. The summed E-state index contributed by atoms with van der Waals surface area (Å²) in [6, 6.07) is 6.68. The minimum atomic E-state index is -3.82. The van der Waals surface area contributed by atoms with E-state index in [0.29, 0.717) is 12.1 Å². The Labute approximate surface area is 139 Å². The van der Waals surface area contributed by atoms with Crippen LogP contribution in [-0.4, -0.2) is 25.3 Å². The summed E-state index contributed by atoms with van der Waals surface area (Å²) in [5.74, 6) is -0.137. The average Bonchev–Trinajstić information content (AvgIpc) is 3.20. The second-order valence-corrected chi connectivity index (χ2v) is 8.16. The van der Waals surface area contributed by atoms with Crippen LogP contribution in [0.15, 0.2) is 39.9 Å². The van der Waals surface area contributed by atoms with Gasteiger partial charge in [0.25, 0.3) is 5.91 Å². The monoisotopic (exact) mass is 350 g/mol. The van der Waals surface area contributed by atoms with E-state index < -0.39 is 10.0 Å². The lowest BCUT2D eigenvalue weighted by Gasteiger charge is -2.23. The fourth-order valence-electron chi connectivity index (χ4n) is 2.50. The lowest BCUT2D eigenvalue weighted by Crippen LogP contribution is -2.33. The molecule has 1 aromatic heterocycles. The molecule has 1 saturated carbocycles. The molecule has 0 bridgehead atoms. The first-order valence-electron chi connectivity index (χ1n) is 7.32. The number of rotatable bonds is 5. The van der Waals surface area contributed by atoms with Gasteiger partial charge in [-0.1, -0.05) is 6.07 Å². The first-order valence-corrected chi connectivity index (χ1v) is 9.80. The number of benzene rings is 1. The van der Waals surface area contributed by atoms with Crippen molar-refractivity contribution in [2.45, 2.75) is 37.2 Å². The van der Waals surface area contributed by atoms with Gasteiger partial charge >= 0.3 is 0 Å². The zero-order chi connectivity index (χ0) is 16.6. The number of hydrogen-bond donors (Lipinski definition) is 1. The molecule has 5 nitrogen and oxygen atoms in total. The Bertz CT molecular complexity index is 825. The highest BCUT2D eigenvalue weighted by Crippen LogP contribution is 2.31. The molecule has 3 rings (SSSR count). The van der Waals surface area contributed by atoms with Gasteiger partial charge in [-0.25, -0.2) is 13.6 Å². The molecule has 1 heterocycles. The fourth-order valence-corrected chi connectivity index (χ4v) is 3.70. The van der Waals surface area contributed by atoms with Crippen LogP contribution >= 0.6 is 11.3 Å². The number of aryl methyl sites for hydroxylation is 1. The minimum Gasteiger partial charge on any atom is -0.331 e. The topological polar surface area (TPSA) is 80.5 Å². The standard InChI is InChI=1S/C16H18N2O3S2/c1-11-2-5-14(23(17,20)21)8-15(11)16(19)18(13-3-4-13)9-12-6-7-22-10-12/h2,5-8,10,13H,3-4,9H2,1H3,(H2,17,20,21). The summed E-state index contributed by atoms with van der Waals surface area (Å²) >= 11 is 1.60. The van der Waals surface area contributed by atoms with Crippen LogP contribution in [0.3, 0.4) is 0 Å². The number of primary sulfonamides is 1. The van der Waals surface area contributed by atoms with Crippen molar-refractivity contribution in [2.24, 2.45) is 5.14 Å². The summed E-state index contributed by atoms with van der Waals surface area (Å²) in [6.45, 7) is 2.35. The second kappa shape index (κ2) is 6.07. The highest BCUT2D eigenvalue weighted by molar-refractivity contribution is 7.89. The molecule has 23 heavy (non-hydrogen) atoms. The Morgan fingerprint density at radius 3 is 2.65 bits per heavy atom. The zero-order valence-electron chi connectivity index (χ0n) is 12.7. The van der Waals surface area contributed by atoms with E-state index in [1.54, 1.807) is 24.3 Å². The predicted octanol–water partition coefficient (Wildman–Crippen LogP) is 2.51. The van der Waals surface area contributed by atoms with Gasteiger partial charge in [-0.3, -0.25) is 4.79 Å². The summed E-state index contributed by atoms with van der Waals surface area (Å²) in [6.07, 6.45) is 1.98. The number of carbonyl (C=O) groups excluding carboxylic acids is 1. The van der Waals surface area contributed by atoms with Crippen LogP contribution in [-0.2, 0) is 16.6 Å². The number of hydrogen-bond acceptors (Lipinski definition) is 4. The van der Waals surface area contributed by atoms with Crippen molar-refractivity contribution in [3.8, 4) is 0 Å². The van der Waals surface area contributed by atoms with E-state index in [0.717, 1.165) is 24.0 Å². The first-order chi connectivity index (χ1) is 10.9. The third-order valence-electron chi connectivity index (χ3n) is 3.95. The molecule has 0 spiro atoms. The number of carbonyl (C=O) groups is 1. The normalized spacial score (nSPS) is 14.7. The van der Waals surface area contributed by atoms with Gasteiger partial charge < -0.3 is 4.90 Å². The van der Waals surface area contributed by atoms with E-state index in [-0.39, 0.29) is 16.8 Å². The Balaban J connectivity index is 1.94. The van der Waals surface area contributed by atoms with Gasteiger partial charge in [-0.15, -0.1) is 0 Å². The molecule has 7 heteroatoms. The SMILES string of the molecule is Cc1ccc(S(N)(=O)=O)cc1C(=O)N(Cc1ccsc1)C1CC1. The third-order valence-corrected chi connectivity index (χ3v) is 5.59. The maximum atomic E-state index is 12.9. The van der Waals surface area contributed by atoms with Crippen molar-refractivity contribution in [3.63, 3.8) is 0 Å². The molecule has 1 amide bonds. The van der Waals surface area contributed by atoms with Gasteiger partial charge in [0.15, 0.2) is 0 Å². The van der Waals surface area contributed by atoms with Crippen LogP contribution < -0.4 is 5.14 Å². The van der Waals surface area contributed by atoms with Crippen LogP contribution in [0.25, 0.3) is 0 Å². The maximum Gasteiger partial charge on any atom is 0.254 e. The Kier molecular flexibility index (Phi) is 4.27. The van der Waals surface area contributed by atoms with Crippen LogP contribution in [0, 0.1) is 6.92 Å². The van der Waals surface area contributed by atoms with Gasteiger partial charge in [0.2, 0.25) is 10.0 Å². The van der Waals surface area contributed by atoms with Crippen LogP contribution in [0.1, 0.15) is 34.3 Å². The lowest BCUT2D eigenvalue weighted by atomic mass is 10.1. The van der Waals surface area contributed by atoms with E-state index in [4.69, 9.17) is 5.14 Å². The van der Waals surface area contributed by atoms with Gasteiger partial charge in [0.1, 0.15) is 0 Å². The number of thiophene rings is 1. The van der Waals surface area contributed by atoms with Crippen molar-refractivity contribution >= 4 is 27.3 Å². The van der Waals surface area contributed by atoms with Gasteiger partial charge in [0.05, 0.1) is 4.90 Å². The molecule has 0 aliphatic heterocycles. The van der Waals surface area contributed by atoms with Gasteiger partial charge in [0, 0.05) is 18.2 Å². The number of sulfonamides is 1. The largest absolute Gasteiger partial charge is 0.331 e. The summed E-state index contributed by atoms with van der Waals surface area (Å²) in [4.78, 5) is 14.7. The van der Waals surface area contributed by atoms with Crippen molar-refractivity contribution in [2.75, 3.05) is 0 Å². The summed E-state index contributed by atoms with van der Waals surface area (Å²) in [5.41, 5.74) is 2.24. The number of nitrogens with two attached hydrogens (primary N) is 1. The van der Waals surface area contributed by atoms with E-state index in [1.165, 1.54) is 12.1 Å². The molecule has 1 aliphatic carbocycles. The summed E-state index contributed by atoms with van der Waals surface area (Å²) in [7, 11) is -3.82. The molecule has 1 aromatic carbocycles. The van der Waals surface area contributed by atoms with E-state index in [1.807, 2.05) is 21.7 Å². The molecule has 2 N–H and O–H groups in total. The highest BCUT2D eigenvalue weighted by Gasteiger charge is 2.34. The number of nitrogens with zero attached hydrogens (tertiary/aromatic N) is 1. The summed E-state index contributed by atoms with van der Waals surface area (Å²) in [5, 5.41) is 9.19. The molecule has 0 atom stereocenters. The molecule has 0 unspecified atom stereocenters. The minimum absolute atomic E-state index is 0.0299. The maximum absolute atomic E-state index is 12.9. The lowest BCUT2D eigenvalue weighted by molar-refractivity contribution is 0.0729. The van der Waals surface area contributed by atoms with Crippen molar-refractivity contribution < 1.29 is 13.2 Å². The molecule has 2 aromatic rings. The van der Waals surface area contributed by atoms with E-state index in [9.17, 15) is 13.2 Å². The van der Waals surface area contributed by atoms with Crippen molar-refractivity contribution in [1.82, 2.24) is 4.90 Å². The first kappa shape index (κ1) is 16.2. The van der Waals surface area contributed by atoms with Crippen LogP contribution in [0.2, 0.25) is 0 Å². The molecule has 0 radical (unpaired) electrons. The van der Waals surface area contributed by atoms with Crippen LogP contribution in [0.4, 0.5) is 0 Å². The van der Waals surface area contributed by atoms with Crippen molar-refractivity contribution in [3.05, 3.63) is 51.7 Å². The van der Waals surface area contributed by atoms with Gasteiger partial charge in [-0.05, 0) is 59.9 Å². The van der Waals surface area contributed by atoms with Crippen LogP contribution in [0.5, 0.6) is 0 Å². The summed E-state index contributed by atoms with van der Waals surface area (Å²) < 4.78 is 23.1. The number of amides is 1. The van der Waals surface area contributed by atoms with E-state index >= 15 is 0 Å². The molecule has 1 aliphatic rings. The average molecular weight is 350 g/mol. The van der Waals surface area contributed by atoms with Gasteiger partial charge in [-0.2, -0.15) is 11.3 Å². The highest BCUT2D eigenvalue weighted by atomic mass is 32.2. The quantitative estimate of drug-likeness (QED) is 0.900. The third kappa shape index (κ3) is 3.63. The second-order valence-electron chi connectivity index (χ2n) is 5.82. The Hall–Kier alpha value is -1.70. The molecule has 122 valence electrons. The predicted molar refractivity (Wildman–Crippen MR) is 89.8 cm³/mol. The van der Waals surface area contributed by atoms with E-state index in [2.05, 4.69) is 0 Å². The Morgan fingerprint density at radius 2 is 2.09 bits per heavy atom. The fraction of sp³-hybridized carbons (Fsp3) is 0.312. The van der Waals surface area contributed by atoms with Crippen molar-refractivity contribution in [1.29, 1.82) is 0 Å². The zero-order valence-corrected chi connectivity index (χ0v) is 14.4. The molecule has 1 fully saturated rings. The molecular formula is C16H18N2O3S2. The Morgan fingerprint density at radius 1 is 1.35 bits per heavy atom. The molecular weight excluding hydrogens is 332 g/mol. The molecule has 0 saturated heterocycles.